The van der Waals surface area contributed by atoms with E-state index < -0.39 is 6.10 Å². The molecule has 0 saturated heterocycles. The van der Waals surface area contributed by atoms with E-state index in [0.29, 0.717) is 44.3 Å². The summed E-state index contributed by atoms with van der Waals surface area (Å²) in [6.07, 6.45) is -0.426. The number of aliphatic hydroxyl groups is 1. The number of likely N-dealkylation sites (N-methyl/N-ethyl adjacent to an activating group) is 2. The maximum atomic E-state index is 10.4. The summed E-state index contributed by atoms with van der Waals surface area (Å²) in [5.41, 5.74) is 3.72. The number of aliphatic hydroxyl groups excluding tert-OH is 1. The summed E-state index contributed by atoms with van der Waals surface area (Å²) in [6.45, 7) is 7.79. The van der Waals surface area contributed by atoms with Crippen molar-refractivity contribution in [2.24, 2.45) is 10.2 Å². The Morgan fingerprint density at radius 2 is 1.87 bits per heavy atom. The van der Waals surface area contributed by atoms with Gasteiger partial charge in [-0.15, -0.1) is 21.6 Å². The lowest BCUT2D eigenvalue weighted by atomic mass is 10.1. The summed E-state index contributed by atoms with van der Waals surface area (Å²) in [5, 5.41) is 38.0. The number of nitrogens with zero attached hydrogens (tertiary/aromatic N) is 6. The summed E-state index contributed by atoms with van der Waals surface area (Å²) in [7, 11) is 6.20. The molecule has 1 atom stereocenters. The van der Waals surface area contributed by atoms with Gasteiger partial charge >= 0.3 is 0 Å². The molecular weight excluding hydrogens is 396 g/mol. The van der Waals surface area contributed by atoms with E-state index in [9.17, 15) is 10.4 Å². The second kappa shape index (κ2) is 9.82. The Kier molecular flexibility index (Phi) is 7.69. The fraction of sp³-hybridized carbons (Fsp3) is 0.455. The van der Waals surface area contributed by atoms with E-state index >= 15 is 0 Å². The molecule has 0 fully saturated rings. The molecule has 0 radical (unpaired) electrons. The second-order valence-corrected chi connectivity index (χ2v) is 9.30. The van der Waals surface area contributed by atoms with E-state index in [0.717, 1.165) is 17.8 Å². The molecule has 2 rings (SSSR count). The van der Waals surface area contributed by atoms with Crippen LogP contribution in [-0.2, 0) is 0 Å². The molecule has 0 aliphatic heterocycles. The minimum Gasteiger partial charge on any atom is -0.385 e. The van der Waals surface area contributed by atoms with Gasteiger partial charge in [-0.1, -0.05) is 0 Å². The van der Waals surface area contributed by atoms with Crippen LogP contribution in [0.1, 0.15) is 28.5 Å². The molecule has 1 aromatic carbocycles. The first-order valence-corrected chi connectivity index (χ1v) is 10.6. The van der Waals surface area contributed by atoms with Crippen LogP contribution in [0, 0.1) is 36.5 Å². The number of thiophene rings is 1. The smallest absolute Gasteiger partial charge is 0.158 e. The van der Waals surface area contributed by atoms with Crippen LogP contribution in [-0.4, -0.2) is 56.5 Å². The normalized spacial score (nSPS) is 12.6. The van der Waals surface area contributed by atoms with Crippen molar-refractivity contribution in [2.75, 3.05) is 45.7 Å². The van der Waals surface area contributed by atoms with Crippen molar-refractivity contribution in [3.05, 3.63) is 39.8 Å². The lowest BCUT2D eigenvalue weighted by molar-refractivity contribution is -0.873. The molecule has 2 aromatic rings. The lowest BCUT2D eigenvalue weighted by Crippen LogP contribution is -2.46. The topological polar surface area (TPSA) is 95.8 Å². The number of benzene rings is 1. The third-order valence-electron chi connectivity index (χ3n) is 4.71. The number of anilines is 1. The Bertz CT molecular complexity index is 1010. The summed E-state index contributed by atoms with van der Waals surface area (Å²) >= 11 is 1.18. The van der Waals surface area contributed by atoms with Gasteiger partial charge in [-0.25, -0.2) is 0 Å². The van der Waals surface area contributed by atoms with E-state index in [1.165, 1.54) is 11.3 Å². The van der Waals surface area contributed by atoms with Crippen LogP contribution < -0.4 is 4.90 Å². The zero-order valence-corrected chi connectivity index (χ0v) is 19.3. The largest absolute Gasteiger partial charge is 0.385 e. The quantitative estimate of drug-likeness (QED) is 0.500. The van der Waals surface area contributed by atoms with Crippen LogP contribution in [0.15, 0.2) is 28.4 Å². The van der Waals surface area contributed by atoms with Crippen LogP contribution >= 0.6 is 11.3 Å². The number of aryl methyl sites for hydroxylation is 1. The first-order valence-electron chi connectivity index (χ1n) is 9.79. The first-order chi connectivity index (χ1) is 14.1. The van der Waals surface area contributed by atoms with Gasteiger partial charge in [0.2, 0.25) is 0 Å². The highest BCUT2D eigenvalue weighted by molar-refractivity contribution is 7.16. The number of azo groups is 1. The van der Waals surface area contributed by atoms with Crippen molar-refractivity contribution >= 4 is 27.7 Å². The molecule has 0 bridgehead atoms. The Morgan fingerprint density at radius 3 is 2.40 bits per heavy atom. The Morgan fingerprint density at radius 1 is 1.17 bits per heavy atom. The molecule has 7 nitrogen and oxygen atoms in total. The van der Waals surface area contributed by atoms with E-state index in [1.54, 1.807) is 6.92 Å². The van der Waals surface area contributed by atoms with Gasteiger partial charge in [-0.3, -0.25) is 0 Å². The molecule has 1 aromatic heterocycles. The van der Waals surface area contributed by atoms with Crippen LogP contribution in [0.3, 0.4) is 0 Å². The van der Waals surface area contributed by atoms with E-state index in [1.807, 2.05) is 25.1 Å². The molecule has 0 aliphatic carbocycles. The van der Waals surface area contributed by atoms with Crippen LogP contribution in [0.25, 0.3) is 0 Å². The van der Waals surface area contributed by atoms with E-state index in [2.05, 4.69) is 55.3 Å². The van der Waals surface area contributed by atoms with Crippen molar-refractivity contribution in [1.82, 2.24) is 0 Å². The van der Waals surface area contributed by atoms with E-state index in [-0.39, 0.29) is 0 Å². The zero-order valence-electron chi connectivity index (χ0n) is 18.5. The molecule has 1 heterocycles. The predicted molar refractivity (Wildman–Crippen MR) is 121 cm³/mol. The van der Waals surface area contributed by atoms with Crippen LogP contribution in [0.5, 0.6) is 0 Å². The highest BCUT2D eigenvalue weighted by Gasteiger charge is 2.19. The fourth-order valence-corrected chi connectivity index (χ4v) is 4.09. The van der Waals surface area contributed by atoms with Gasteiger partial charge in [-0.05, 0) is 50.1 Å². The van der Waals surface area contributed by atoms with Gasteiger partial charge in [0, 0.05) is 18.8 Å². The molecular formula is C22H29N6OS+. The molecule has 30 heavy (non-hydrogen) atoms. The summed E-state index contributed by atoms with van der Waals surface area (Å²) in [5.74, 6) is 0. The Balaban J connectivity index is 2.22. The highest BCUT2D eigenvalue weighted by atomic mass is 32.1. The number of hydrogen-bond donors (Lipinski definition) is 1. The molecule has 0 aliphatic rings. The van der Waals surface area contributed by atoms with E-state index in [4.69, 9.17) is 5.26 Å². The van der Waals surface area contributed by atoms with Gasteiger partial charge in [0.1, 0.15) is 29.7 Å². The van der Waals surface area contributed by atoms with Gasteiger partial charge < -0.3 is 14.5 Å². The monoisotopic (exact) mass is 425 g/mol. The average molecular weight is 426 g/mol. The summed E-state index contributed by atoms with van der Waals surface area (Å²) < 4.78 is 0.706. The number of hydrogen-bond acceptors (Lipinski definition) is 7. The van der Waals surface area contributed by atoms with Crippen molar-refractivity contribution in [3.8, 4) is 12.1 Å². The van der Waals surface area contributed by atoms with Crippen LogP contribution in [0.4, 0.5) is 16.4 Å². The van der Waals surface area contributed by atoms with Gasteiger partial charge in [0.15, 0.2) is 5.00 Å². The molecule has 8 heteroatoms. The predicted octanol–water partition coefficient (Wildman–Crippen LogP) is 4.42. The molecule has 158 valence electrons. The number of rotatable bonds is 8. The van der Waals surface area contributed by atoms with Gasteiger partial charge in [-0.2, -0.15) is 10.5 Å². The standard InChI is InChI=1S/C22H29N6OS/c1-7-27(13-18(29)14-28(4,5)6)17-8-9-20(15(2)10-17)25-26-22-19(11-23)16(3)21(12-24)30-22/h8-10,18,29H,7,13-14H2,1-6H3/q+1. The van der Waals surface area contributed by atoms with Crippen LogP contribution in [0.2, 0.25) is 0 Å². The van der Waals surface area contributed by atoms with Crippen molar-refractivity contribution < 1.29 is 9.59 Å². The molecule has 0 saturated carbocycles. The molecule has 1 N–H and O–H groups in total. The Hall–Kier alpha value is -2.78. The van der Waals surface area contributed by atoms with Gasteiger partial charge in [0.25, 0.3) is 0 Å². The van der Waals surface area contributed by atoms with Crippen molar-refractivity contribution in [2.45, 2.75) is 26.9 Å². The number of nitriles is 2. The van der Waals surface area contributed by atoms with Gasteiger partial charge in [0.05, 0.1) is 32.4 Å². The minimum absolute atomic E-state index is 0.401. The first kappa shape index (κ1) is 23.5. The second-order valence-electron chi connectivity index (χ2n) is 8.30. The number of quaternary nitrogens is 1. The maximum absolute atomic E-state index is 10.4. The third kappa shape index (κ3) is 5.87. The summed E-state index contributed by atoms with van der Waals surface area (Å²) in [4.78, 5) is 2.63. The fourth-order valence-electron chi connectivity index (χ4n) is 3.22. The Labute approximate surface area is 182 Å². The zero-order chi connectivity index (χ0) is 22.5. The molecule has 0 spiro atoms. The molecule has 0 amide bonds. The minimum atomic E-state index is -0.426. The van der Waals surface area contributed by atoms with Crippen molar-refractivity contribution in [1.29, 1.82) is 10.5 Å². The lowest BCUT2D eigenvalue weighted by Gasteiger charge is -2.31. The van der Waals surface area contributed by atoms with Crippen molar-refractivity contribution in [3.63, 3.8) is 0 Å². The maximum Gasteiger partial charge on any atom is 0.158 e. The SMILES string of the molecule is CCN(CC(O)C[N+](C)(C)C)c1ccc(N=Nc2sc(C#N)c(C)c2C#N)c(C)c1. The average Bonchev–Trinajstić information content (AvgIpc) is 2.98. The molecule has 1 unspecified atom stereocenters. The highest BCUT2D eigenvalue weighted by Crippen LogP contribution is 2.36. The third-order valence-corrected chi connectivity index (χ3v) is 5.79. The summed E-state index contributed by atoms with van der Waals surface area (Å²) in [6, 6.07) is 10.1.